The second-order valence-corrected chi connectivity index (χ2v) is 7.32. The molecule has 0 spiro atoms. The molecule has 0 aliphatic carbocycles. The average Bonchev–Trinajstić information content (AvgIpc) is 3.06. The summed E-state index contributed by atoms with van der Waals surface area (Å²) in [4.78, 5) is 52.8. The Hall–Kier alpha value is -3.60. The fraction of sp³-hybridized carbons (Fsp3) is 0.158. The highest BCUT2D eigenvalue weighted by Gasteiger charge is 2.30. The summed E-state index contributed by atoms with van der Waals surface area (Å²) >= 11 is 3.30. The van der Waals surface area contributed by atoms with E-state index in [1.165, 1.54) is 0 Å². The maximum absolute atomic E-state index is 12.1. The number of anilines is 2. The van der Waals surface area contributed by atoms with Crippen molar-refractivity contribution in [2.24, 2.45) is 0 Å². The predicted octanol–water partition coefficient (Wildman–Crippen LogP) is 1.89. The van der Waals surface area contributed by atoms with Crippen LogP contribution in [0.25, 0.3) is 11.0 Å². The van der Waals surface area contributed by atoms with E-state index in [9.17, 15) is 19.2 Å². The Balaban J connectivity index is 1.32. The zero-order valence-electron chi connectivity index (χ0n) is 15.3. The monoisotopic (exact) mass is 474 g/mol. The Morgan fingerprint density at radius 2 is 1.87 bits per heavy atom. The maximum Gasteiger partial charge on any atom is 0.323 e. The number of amides is 2. The quantitative estimate of drug-likeness (QED) is 0.415. The van der Waals surface area contributed by atoms with Crippen molar-refractivity contribution in [1.82, 2.24) is 9.97 Å². The van der Waals surface area contributed by atoms with Gasteiger partial charge in [0.05, 0.1) is 28.8 Å². The number of carbonyl (C=O) groups is 3. The first-order chi connectivity index (χ1) is 14.4. The largest absolute Gasteiger partial charge is 0.478 e. The molecule has 154 valence electrons. The summed E-state index contributed by atoms with van der Waals surface area (Å²) in [6.07, 6.45) is -1.38. The Morgan fingerprint density at radius 3 is 2.67 bits per heavy atom. The molecular weight excluding hydrogens is 460 g/mol. The second-order valence-electron chi connectivity index (χ2n) is 6.46. The summed E-state index contributed by atoms with van der Waals surface area (Å²) in [7, 11) is 0. The lowest BCUT2D eigenvalue weighted by Crippen LogP contribution is -2.39. The second kappa shape index (κ2) is 8.03. The molecule has 4 rings (SSSR count). The fourth-order valence-corrected chi connectivity index (χ4v) is 3.36. The molecule has 0 saturated heterocycles. The molecule has 0 unspecified atom stereocenters. The molecule has 0 fully saturated rings. The van der Waals surface area contributed by atoms with Gasteiger partial charge >= 0.3 is 11.7 Å². The van der Waals surface area contributed by atoms with Crippen LogP contribution in [0, 0.1) is 0 Å². The first-order valence-corrected chi connectivity index (χ1v) is 9.62. The van der Waals surface area contributed by atoms with Crippen molar-refractivity contribution in [1.29, 1.82) is 0 Å². The third kappa shape index (κ3) is 4.20. The van der Waals surface area contributed by atoms with Gasteiger partial charge < -0.3 is 30.1 Å². The number of ether oxygens (including phenoxy) is 2. The van der Waals surface area contributed by atoms with Gasteiger partial charge in [-0.25, -0.2) is 4.79 Å². The standard InChI is InChI=1S/C19H15BrN4O6/c20-9-5-12-13(24-19(28)23-12)6-11(9)21-16(25)8-29-17(26)7-15-18(27)22-10-3-1-2-4-14(10)30-15/h1-6,15H,7-8H2,(H,21,25)(H,22,27)(H2,23,24,28)/t15-/m0/s1. The first kappa shape index (κ1) is 19.7. The topological polar surface area (TPSA) is 142 Å². The molecule has 1 aromatic heterocycles. The molecule has 0 bridgehead atoms. The van der Waals surface area contributed by atoms with Crippen molar-refractivity contribution in [3.05, 3.63) is 51.4 Å². The third-order valence-corrected chi connectivity index (χ3v) is 4.96. The number of esters is 1. The van der Waals surface area contributed by atoms with Crippen molar-refractivity contribution < 1.29 is 23.9 Å². The lowest BCUT2D eigenvalue weighted by atomic mass is 10.1. The van der Waals surface area contributed by atoms with Crippen LogP contribution in [0.1, 0.15) is 6.42 Å². The van der Waals surface area contributed by atoms with E-state index < -0.39 is 30.5 Å². The van der Waals surface area contributed by atoms with Gasteiger partial charge in [-0.3, -0.25) is 14.4 Å². The van der Waals surface area contributed by atoms with Crippen LogP contribution >= 0.6 is 15.9 Å². The van der Waals surface area contributed by atoms with E-state index in [1.54, 1.807) is 36.4 Å². The molecule has 30 heavy (non-hydrogen) atoms. The van der Waals surface area contributed by atoms with Gasteiger partial charge in [0.15, 0.2) is 12.7 Å². The Morgan fingerprint density at radius 1 is 1.13 bits per heavy atom. The van der Waals surface area contributed by atoms with E-state index in [0.29, 0.717) is 32.6 Å². The van der Waals surface area contributed by atoms with E-state index in [0.717, 1.165) is 0 Å². The number of aromatic amines is 2. The lowest BCUT2D eigenvalue weighted by molar-refractivity contribution is -0.150. The highest BCUT2D eigenvalue weighted by atomic mass is 79.9. The molecule has 0 saturated carbocycles. The van der Waals surface area contributed by atoms with Gasteiger partial charge in [0.1, 0.15) is 5.75 Å². The number of aromatic nitrogens is 2. The normalized spacial score (nSPS) is 15.1. The van der Waals surface area contributed by atoms with Gasteiger partial charge in [-0.05, 0) is 40.2 Å². The number of fused-ring (bicyclic) bond motifs is 2. The number of carbonyl (C=O) groups excluding carboxylic acids is 3. The van der Waals surface area contributed by atoms with Crippen LogP contribution in [0.5, 0.6) is 5.75 Å². The molecule has 4 N–H and O–H groups in total. The summed E-state index contributed by atoms with van der Waals surface area (Å²) in [6, 6.07) is 10.0. The van der Waals surface area contributed by atoms with E-state index >= 15 is 0 Å². The summed E-state index contributed by atoms with van der Waals surface area (Å²) in [5.41, 5.74) is 1.63. The van der Waals surface area contributed by atoms with E-state index in [-0.39, 0.29) is 12.1 Å². The molecule has 1 aliphatic heterocycles. The van der Waals surface area contributed by atoms with Gasteiger partial charge in [-0.1, -0.05) is 12.1 Å². The van der Waals surface area contributed by atoms with Crippen LogP contribution in [-0.4, -0.2) is 40.5 Å². The Labute approximate surface area is 177 Å². The number of benzene rings is 2. The summed E-state index contributed by atoms with van der Waals surface area (Å²) in [6.45, 7) is -0.544. The van der Waals surface area contributed by atoms with E-state index in [2.05, 4.69) is 36.5 Å². The predicted molar refractivity (Wildman–Crippen MR) is 110 cm³/mol. The molecule has 1 aliphatic rings. The SMILES string of the molecule is O=C(COC(=O)C[C@@H]1Oc2ccccc2NC1=O)Nc1cc2[nH]c(=O)[nH]c2cc1Br. The summed E-state index contributed by atoms with van der Waals surface area (Å²) in [5, 5.41) is 5.23. The number of halogens is 1. The minimum absolute atomic E-state index is 0.340. The minimum Gasteiger partial charge on any atom is -0.478 e. The highest BCUT2D eigenvalue weighted by molar-refractivity contribution is 9.10. The molecule has 1 atom stereocenters. The summed E-state index contributed by atoms with van der Waals surface area (Å²) in [5.74, 6) is -1.35. The molecule has 0 radical (unpaired) electrons. The van der Waals surface area contributed by atoms with Gasteiger partial charge in [-0.2, -0.15) is 0 Å². The number of nitrogens with one attached hydrogen (secondary N) is 4. The van der Waals surface area contributed by atoms with Gasteiger partial charge in [-0.15, -0.1) is 0 Å². The van der Waals surface area contributed by atoms with Crippen LogP contribution in [0.4, 0.5) is 11.4 Å². The minimum atomic E-state index is -1.04. The van der Waals surface area contributed by atoms with Crippen LogP contribution < -0.4 is 21.1 Å². The Kier molecular flexibility index (Phi) is 5.27. The fourth-order valence-electron chi connectivity index (χ4n) is 2.92. The Bertz CT molecular complexity index is 1220. The number of imidazole rings is 1. The van der Waals surface area contributed by atoms with Crippen LogP contribution in [0.15, 0.2) is 45.7 Å². The van der Waals surface area contributed by atoms with Gasteiger partial charge in [0, 0.05) is 4.47 Å². The summed E-state index contributed by atoms with van der Waals surface area (Å²) < 4.78 is 11.0. The average molecular weight is 475 g/mol. The number of H-pyrrole nitrogens is 2. The number of hydrogen-bond donors (Lipinski definition) is 4. The zero-order chi connectivity index (χ0) is 21.3. The smallest absolute Gasteiger partial charge is 0.323 e. The molecular formula is C19H15BrN4O6. The van der Waals surface area contributed by atoms with Gasteiger partial charge in [0.25, 0.3) is 11.8 Å². The maximum atomic E-state index is 12.1. The molecule has 2 heterocycles. The van der Waals surface area contributed by atoms with Crippen molar-refractivity contribution in [2.75, 3.05) is 17.2 Å². The molecule has 10 nitrogen and oxygen atoms in total. The zero-order valence-corrected chi connectivity index (χ0v) is 16.9. The van der Waals surface area contributed by atoms with Crippen LogP contribution in [0.3, 0.4) is 0 Å². The van der Waals surface area contributed by atoms with E-state index in [1.807, 2.05) is 0 Å². The van der Waals surface area contributed by atoms with Crippen molar-refractivity contribution in [3.63, 3.8) is 0 Å². The van der Waals surface area contributed by atoms with Crippen molar-refractivity contribution in [2.45, 2.75) is 12.5 Å². The van der Waals surface area contributed by atoms with Crippen molar-refractivity contribution >= 4 is 56.1 Å². The third-order valence-electron chi connectivity index (χ3n) is 4.30. The van der Waals surface area contributed by atoms with Crippen LogP contribution in [0.2, 0.25) is 0 Å². The lowest BCUT2D eigenvalue weighted by Gasteiger charge is -2.25. The van der Waals surface area contributed by atoms with Crippen molar-refractivity contribution in [3.8, 4) is 5.75 Å². The molecule has 2 amide bonds. The number of para-hydroxylation sites is 2. The number of hydrogen-bond acceptors (Lipinski definition) is 6. The first-order valence-electron chi connectivity index (χ1n) is 8.82. The number of rotatable bonds is 5. The molecule has 2 aromatic carbocycles. The molecule has 11 heteroatoms. The van der Waals surface area contributed by atoms with Gasteiger partial charge in [0.2, 0.25) is 0 Å². The van der Waals surface area contributed by atoms with Crippen LogP contribution in [-0.2, 0) is 19.1 Å². The molecule has 3 aromatic rings. The highest BCUT2D eigenvalue weighted by Crippen LogP contribution is 2.30. The van der Waals surface area contributed by atoms with E-state index in [4.69, 9.17) is 9.47 Å².